The molecule has 190 valence electrons. The Balaban J connectivity index is 1.39. The first-order chi connectivity index (χ1) is 17.9. The molecule has 8 nitrogen and oxygen atoms in total. The van der Waals surface area contributed by atoms with Crippen molar-refractivity contribution in [2.45, 2.75) is 31.8 Å². The molecule has 3 aromatic carbocycles. The summed E-state index contributed by atoms with van der Waals surface area (Å²) >= 11 is 6.11. The molecule has 5 rings (SSSR count). The number of carbonyl (C=O) groups is 1. The zero-order valence-corrected chi connectivity index (χ0v) is 21.6. The van der Waals surface area contributed by atoms with Gasteiger partial charge in [0, 0.05) is 5.02 Å². The summed E-state index contributed by atoms with van der Waals surface area (Å²) in [6, 6.07) is 21.6. The minimum Gasteiger partial charge on any atom is -0.493 e. The van der Waals surface area contributed by atoms with Gasteiger partial charge in [-0.1, -0.05) is 59.6 Å². The van der Waals surface area contributed by atoms with Crippen molar-refractivity contribution in [2.75, 3.05) is 24.9 Å². The van der Waals surface area contributed by atoms with Crippen LogP contribution in [0.1, 0.15) is 40.8 Å². The second-order valence-corrected chi connectivity index (χ2v) is 9.46. The highest BCUT2D eigenvalue weighted by Gasteiger charge is 2.31. The number of fused-ring (bicyclic) bond motifs is 1. The molecule has 0 aliphatic carbocycles. The summed E-state index contributed by atoms with van der Waals surface area (Å²) in [4.78, 5) is 17.5. The van der Waals surface area contributed by atoms with E-state index in [0.717, 1.165) is 23.1 Å². The highest BCUT2D eigenvalue weighted by atomic mass is 35.5. The summed E-state index contributed by atoms with van der Waals surface area (Å²) in [5.41, 5.74) is 4.21. The minimum absolute atomic E-state index is 0.00980. The van der Waals surface area contributed by atoms with Crippen LogP contribution in [0, 0.1) is 6.92 Å². The lowest BCUT2D eigenvalue weighted by Gasteiger charge is -2.31. The van der Waals surface area contributed by atoms with E-state index in [9.17, 15) is 4.79 Å². The Labute approximate surface area is 220 Å². The van der Waals surface area contributed by atoms with Crippen molar-refractivity contribution in [3.8, 4) is 11.5 Å². The van der Waals surface area contributed by atoms with Crippen molar-refractivity contribution in [1.82, 2.24) is 14.8 Å². The molecule has 37 heavy (non-hydrogen) atoms. The molecule has 2 heterocycles. The van der Waals surface area contributed by atoms with Crippen LogP contribution in [0.2, 0.25) is 5.02 Å². The van der Waals surface area contributed by atoms with E-state index in [1.807, 2.05) is 35.0 Å². The van der Waals surface area contributed by atoms with Crippen molar-refractivity contribution in [3.63, 3.8) is 0 Å². The van der Waals surface area contributed by atoms with Gasteiger partial charge in [-0.25, -0.2) is 4.68 Å². The van der Waals surface area contributed by atoms with Gasteiger partial charge in [0.1, 0.15) is 0 Å². The highest BCUT2D eigenvalue weighted by Crippen LogP contribution is 2.38. The summed E-state index contributed by atoms with van der Waals surface area (Å²) < 4.78 is 12.5. The molecule has 2 N–H and O–H groups in total. The number of rotatable bonds is 7. The summed E-state index contributed by atoms with van der Waals surface area (Å²) in [7, 11) is 3.14. The number of aryl methyl sites for hydroxylation is 1. The molecule has 0 fully saturated rings. The van der Waals surface area contributed by atoms with Gasteiger partial charge in [-0.15, -0.1) is 5.10 Å². The number of halogens is 1. The first-order valence-corrected chi connectivity index (χ1v) is 12.4. The molecule has 0 saturated heterocycles. The summed E-state index contributed by atoms with van der Waals surface area (Å²) in [6.45, 7) is 2.07. The third-order valence-corrected chi connectivity index (χ3v) is 6.74. The van der Waals surface area contributed by atoms with Gasteiger partial charge in [-0.05, 0) is 54.3 Å². The number of anilines is 2. The maximum atomic E-state index is 12.9. The van der Waals surface area contributed by atoms with Gasteiger partial charge in [-0.3, -0.25) is 10.1 Å². The third-order valence-electron chi connectivity index (χ3n) is 6.49. The van der Waals surface area contributed by atoms with Crippen LogP contribution in [-0.2, 0) is 11.2 Å². The molecule has 2 atom stereocenters. The Morgan fingerprint density at radius 2 is 1.73 bits per heavy atom. The van der Waals surface area contributed by atoms with Crippen LogP contribution in [0.5, 0.6) is 11.5 Å². The first-order valence-electron chi connectivity index (χ1n) is 12.0. The van der Waals surface area contributed by atoms with Crippen molar-refractivity contribution in [3.05, 3.63) is 94.0 Å². The Morgan fingerprint density at radius 1 is 1.03 bits per heavy atom. The predicted octanol–water partition coefficient (Wildman–Crippen LogP) is 5.58. The van der Waals surface area contributed by atoms with Crippen LogP contribution in [0.25, 0.3) is 0 Å². The second-order valence-electron chi connectivity index (χ2n) is 9.03. The molecule has 0 bridgehead atoms. The Hall–Kier alpha value is -4.04. The van der Waals surface area contributed by atoms with E-state index in [2.05, 4.69) is 51.9 Å². The molecule has 0 saturated carbocycles. The highest BCUT2D eigenvalue weighted by molar-refractivity contribution is 6.30. The SMILES string of the molecule is COc1ccc(CC(=O)Nc2nc3n(n2)C(c2ccc(C)cc2)CC(c2ccc(Cl)cc2)N3)cc1OC. The standard InChI is InChI=1S/C28H28ClN5O3/c1-17-4-7-20(8-5-17)23-16-22(19-9-11-21(29)12-10-19)30-28-32-27(33-34(23)28)31-26(35)15-18-6-13-24(36-2)25(14-18)37-3/h4-14,22-23H,15-16H2,1-3H3,(H2,30,31,32,33,35). The number of carbonyl (C=O) groups excluding carboxylic acids is 1. The number of ether oxygens (including phenoxy) is 2. The van der Waals surface area contributed by atoms with Gasteiger partial charge < -0.3 is 14.8 Å². The van der Waals surface area contributed by atoms with E-state index in [1.54, 1.807) is 26.4 Å². The molecule has 9 heteroatoms. The first kappa shape index (κ1) is 24.6. The quantitative estimate of drug-likeness (QED) is 0.332. The lowest BCUT2D eigenvalue weighted by molar-refractivity contribution is -0.115. The van der Waals surface area contributed by atoms with Crippen molar-refractivity contribution in [2.24, 2.45) is 0 Å². The van der Waals surface area contributed by atoms with Gasteiger partial charge in [0.15, 0.2) is 11.5 Å². The number of hydrogen-bond donors (Lipinski definition) is 2. The van der Waals surface area contributed by atoms with E-state index in [4.69, 9.17) is 21.1 Å². The van der Waals surface area contributed by atoms with Crippen LogP contribution >= 0.6 is 11.6 Å². The van der Waals surface area contributed by atoms with Gasteiger partial charge in [0.05, 0.1) is 32.7 Å². The van der Waals surface area contributed by atoms with Gasteiger partial charge >= 0.3 is 0 Å². The molecule has 1 amide bonds. The lowest BCUT2D eigenvalue weighted by atomic mass is 9.93. The van der Waals surface area contributed by atoms with E-state index in [0.29, 0.717) is 22.5 Å². The van der Waals surface area contributed by atoms with E-state index >= 15 is 0 Å². The second kappa shape index (κ2) is 10.5. The fourth-order valence-electron chi connectivity index (χ4n) is 4.56. The minimum atomic E-state index is -0.226. The topological polar surface area (TPSA) is 90.3 Å². The lowest BCUT2D eigenvalue weighted by Crippen LogP contribution is -2.28. The normalized spacial score (nSPS) is 16.4. The van der Waals surface area contributed by atoms with E-state index in [-0.39, 0.29) is 30.4 Å². The fraction of sp³-hybridized carbons (Fsp3) is 0.250. The number of nitrogens with one attached hydrogen (secondary N) is 2. The number of benzene rings is 3. The number of nitrogens with zero attached hydrogens (tertiary/aromatic N) is 3. The Bertz CT molecular complexity index is 1400. The maximum Gasteiger partial charge on any atom is 0.250 e. The molecule has 0 radical (unpaired) electrons. The smallest absolute Gasteiger partial charge is 0.250 e. The van der Waals surface area contributed by atoms with Crippen molar-refractivity contribution >= 4 is 29.4 Å². The average Bonchev–Trinajstić information content (AvgIpc) is 3.31. The molecular formula is C28H28ClN5O3. The summed E-state index contributed by atoms with van der Waals surface area (Å²) in [5.74, 6) is 1.80. The molecule has 1 aliphatic rings. The van der Waals surface area contributed by atoms with Crippen LogP contribution in [0.3, 0.4) is 0 Å². The van der Waals surface area contributed by atoms with Crippen LogP contribution in [-0.4, -0.2) is 34.9 Å². The summed E-state index contributed by atoms with van der Waals surface area (Å²) in [6.07, 6.45) is 0.909. The number of amides is 1. The van der Waals surface area contributed by atoms with Gasteiger partial charge in [0.2, 0.25) is 11.9 Å². The number of methoxy groups -OCH3 is 2. The molecule has 0 spiro atoms. The molecule has 2 unspecified atom stereocenters. The fourth-order valence-corrected chi connectivity index (χ4v) is 4.68. The number of aromatic nitrogens is 3. The molecular weight excluding hydrogens is 490 g/mol. The van der Waals surface area contributed by atoms with E-state index in [1.165, 1.54) is 5.56 Å². The molecule has 1 aliphatic heterocycles. The largest absolute Gasteiger partial charge is 0.493 e. The Kier molecular flexibility index (Phi) is 7.01. The molecule has 4 aromatic rings. The Morgan fingerprint density at radius 3 is 2.43 bits per heavy atom. The summed E-state index contributed by atoms with van der Waals surface area (Å²) in [5, 5.41) is 11.7. The van der Waals surface area contributed by atoms with E-state index < -0.39 is 0 Å². The molecule has 1 aromatic heterocycles. The number of hydrogen-bond acceptors (Lipinski definition) is 6. The van der Waals surface area contributed by atoms with Crippen LogP contribution in [0.15, 0.2) is 66.7 Å². The van der Waals surface area contributed by atoms with Crippen LogP contribution < -0.4 is 20.1 Å². The van der Waals surface area contributed by atoms with Crippen molar-refractivity contribution in [1.29, 1.82) is 0 Å². The van der Waals surface area contributed by atoms with Crippen molar-refractivity contribution < 1.29 is 14.3 Å². The maximum absolute atomic E-state index is 12.9. The average molecular weight is 518 g/mol. The van der Waals surface area contributed by atoms with Gasteiger partial charge in [-0.2, -0.15) is 4.98 Å². The van der Waals surface area contributed by atoms with Gasteiger partial charge in [0.25, 0.3) is 5.95 Å². The zero-order valence-electron chi connectivity index (χ0n) is 20.9. The monoisotopic (exact) mass is 517 g/mol. The predicted molar refractivity (Wildman–Crippen MR) is 144 cm³/mol. The van der Waals surface area contributed by atoms with Crippen LogP contribution in [0.4, 0.5) is 11.9 Å². The zero-order chi connectivity index (χ0) is 25.9. The third kappa shape index (κ3) is 5.39.